The summed E-state index contributed by atoms with van der Waals surface area (Å²) >= 11 is 0. The number of rotatable bonds is 10. The Morgan fingerprint density at radius 1 is 1.04 bits per heavy atom. The maximum Gasteiger partial charge on any atom is 0.371 e. The Balaban J connectivity index is 0.000000342. The van der Waals surface area contributed by atoms with Gasteiger partial charge in [0.15, 0.2) is 17.4 Å². The molecule has 10 N–H and O–H groups in total. The van der Waals surface area contributed by atoms with Crippen molar-refractivity contribution in [2.75, 3.05) is 6.54 Å². The number of nitrogens with two attached hydrogens (primary N) is 3. The number of nitrogens with zero attached hydrogens (tertiary/aromatic N) is 4. The number of carboxylic acid groups (broad SMARTS) is 2. The van der Waals surface area contributed by atoms with Crippen LogP contribution in [0.3, 0.4) is 0 Å². The van der Waals surface area contributed by atoms with Crippen LogP contribution in [-0.4, -0.2) is 55.6 Å². The first-order chi connectivity index (χ1) is 22.0. The molecule has 4 aromatic rings. The monoisotopic (exact) mass is 632 g/mol. The van der Waals surface area contributed by atoms with E-state index in [0.29, 0.717) is 25.1 Å². The number of aromatic carboxylic acids is 1. The highest BCUT2D eigenvalue weighted by Gasteiger charge is 2.18. The fraction of sp³-hybridized carbons (Fsp3) is 0.290. The van der Waals surface area contributed by atoms with Gasteiger partial charge >= 0.3 is 11.9 Å². The summed E-state index contributed by atoms with van der Waals surface area (Å²) in [5.41, 5.74) is 19.4. The van der Waals surface area contributed by atoms with Crippen molar-refractivity contribution >= 4 is 29.3 Å². The number of benzene rings is 2. The molecule has 2 aromatic heterocycles. The van der Waals surface area contributed by atoms with Crippen LogP contribution in [0, 0.1) is 6.92 Å². The van der Waals surface area contributed by atoms with Crippen molar-refractivity contribution in [2.24, 2.45) is 32.4 Å². The zero-order valence-electron chi connectivity index (χ0n) is 25.1. The van der Waals surface area contributed by atoms with Gasteiger partial charge in [0.2, 0.25) is 5.76 Å². The van der Waals surface area contributed by atoms with Crippen molar-refractivity contribution in [2.45, 2.75) is 51.5 Å². The van der Waals surface area contributed by atoms with Gasteiger partial charge in [0.1, 0.15) is 17.5 Å². The smallest absolute Gasteiger partial charge is 0.371 e. The van der Waals surface area contributed by atoms with Crippen LogP contribution in [0.5, 0.6) is 5.75 Å². The number of aromatic amines is 1. The van der Waals surface area contributed by atoms with Crippen molar-refractivity contribution in [3.8, 4) is 22.8 Å². The van der Waals surface area contributed by atoms with Gasteiger partial charge < -0.3 is 36.9 Å². The van der Waals surface area contributed by atoms with Gasteiger partial charge in [0, 0.05) is 6.54 Å². The molecule has 0 saturated heterocycles. The predicted molar refractivity (Wildman–Crippen MR) is 170 cm³/mol. The molecule has 0 bridgehead atoms. The number of aliphatic imine (C=N–C) groups is 1. The number of hydrogen-bond donors (Lipinski definition) is 7. The van der Waals surface area contributed by atoms with Crippen LogP contribution in [0.2, 0.25) is 0 Å². The number of hydrogen-bond acceptors (Lipinski definition) is 9. The van der Waals surface area contributed by atoms with E-state index in [9.17, 15) is 19.5 Å². The molecule has 0 spiro atoms. The molecule has 0 amide bonds. The molecule has 1 atom stereocenters. The number of carbonyl (C=O) groups is 2. The largest absolute Gasteiger partial charge is 0.505 e. The van der Waals surface area contributed by atoms with Crippen LogP contribution in [-0.2, 0) is 17.6 Å². The van der Waals surface area contributed by atoms with E-state index in [1.807, 2.05) is 12.1 Å². The zero-order valence-corrected chi connectivity index (χ0v) is 25.1. The Bertz CT molecular complexity index is 1830. The lowest BCUT2D eigenvalue weighted by molar-refractivity contribution is -0.138. The van der Waals surface area contributed by atoms with Gasteiger partial charge in [-0.3, -0.25) is 19.7 Å². The van der Waals surface area contributed by atoms with Gasteiger partial charge in [0.25, 0.3) is 5.56 Å². The van der Waals surface area contributed by atoms with Gasteiger partial charge in [-0.05, 0) is 93.0 Å². The summed E-state index contributed by atoms with van der Waals surface area (Å²) < 4.78 is 6.72. The van der Waals surface area contributed by atoms with Crippen LogP contribution in [0.4, 0.5) is 11.4 Å². The Hall–Kier alpha value is -5.70. The topological polar surface area (TPSA) is 261 Å². The highest BCUT2D eigenvalue weighted by atomic mass is 16.4. The molecule has 0 radical (unpaired) electrons. The molecular formula is C31H36N8O7. The Labute approximate surface area is 263 Å². The quantitative estimate of drug-likeness (QED) is 0.0574. The number of guanidine groups is 1. The Morgan fingerprint density at radius 3 is 2.46 bits per heavy atom. The van der Waals surface area contributed by atoms with Crippen LogP contribution in [0.15, 0.2) is 73.0 Å². The van der Waals surface area contributed by atoms with Crippen molar-refractivity contribution in [3.63, 3.8) is 0 Å². The van der Waals surface area contributed by atoms with Crippen molar-refractivity contribution < 1.29 is 29.3 Å². The molecule has 5 rings (SSSR count). The zero-order chi connectivity index (χ0) is 33.4. The molecule has 0 unspecified atom stereocenters. The average Bonchev–Trinajstić information content (AvgIpc) is 3.63. The lowest BCUT2D eigenvalue weighted by atomic mass is 9.91. The van der Waals surface area contributed by atoms with Crippen molar-refractivity contribution in [1.82, 2.24) is 9.78 Å². The third kappa shape index (κ3) is 8.06. The number of furan rings is 1. The van der Waals surface area contributed by atoms with Crippen LogP contribution < -0.4 is 22.8 Å². The SMILES string of the molecule is Cc1[nH]n(-c2ccc3c(c2)CCCC3)c(=O)c1N=Nc1cccc(-c2ccc(C(=O)O)o2)c1O.NC(N)=NCCC[C@H](N)C(=O)O. The number of aryl methyl sites for hydroxylation is 3. The number of phenolic OH excluding ortho intramolecular Hbond substituents is 1. The summed E-state index contributed by atoms with van der Waals surface area (Å²) in [6.45, 7) is 2.15. The van der Waals surface area contributed by atoms with E-state index in [0.717, 1.165) is 24.9 Å². The number of aromatic nitrogens is 2. The normalized spacial score (nSPS) is 13.0. The van der Waals surface area contributed by atoms with Crippen LogP contribution in [0.25, 0.3) is 17.0 Å². The standard InChI is InChI=1S/C25H22N4O5.C6H14N4O2/c1-14-22(24(31)29(28-14)17-10-9-15-5-2-3-6-16(15)13-17)27-26-19-8-4-7-18(23(19)30)20-11-12-21(34-20)25(32)33;7-4(5(11)12)2-1-3-10-6(8)9/h4,7-13,28,30H,2-3,5-6H2,1H3,(H,32,33);4H,1-3,7H2,(H,11,12)(H4,8,9,10)/t;4-/m.0/s1. The van der Waals surface area contributed by atoms with Crippen molar-refractivity contribution in [3.05, 3.63) is 81.5 Å². The number of azo groups is 1. The number of aromatic hydroxyl groups is 1. The van der Waals surface area contributed by atoms with E-state index < -0.39 is 18.0 Å². The molecule has 1 aliphatic carbocycles. The molecule has 46 heavy (non-hydrogen) atoms. The van der Waals surface area contributed by atoms with E-state index >= 15 is 0 Å². The molecule has 15 nitrogen and oxygen atoms in total. The second-order valence-electron chi connectivity index (χ2n) is 10.6. The molecule has 242 valence electrons. The summed E-state index contributed by atoms with van der Waals surface area (Å²) in [5, 5.41) is 39.3. The van der Waals surface area contributed by atoms with Gasteiger partial charge in [-0.2, -0.15) is 0 Å². The molecule has 0 fully saturated rings. The lowest BCUT2D eigenvalue weighted by Crippen LogP contribution is -2.30. The molecule has 1 aliphatic rings. The van der Waals surface area contributed by atoms with Gasteiger partial charge in [-0.25, -0.2) is 9.48 Å². The summed E-state index contributed by atoms with van der Waals surface area (Å²) in [4.78, 5) is 38.0. The Morgan fingerprint density at radius 2 is 1.78 bits per heavy atom. The minimum absolute atomic E-state index is 0.0129. The first-order valence-electron chi connectivity index (χ1n) is 14.5. The summed E-state index contributed by atoms with van der Waals surface area (Å²) in [5.74, 6) is -2.49. The molecular weight excluding hydrogens is 596 g/mol. The first-order valence-corrected chi connectivity index (χ1v) is 14.5. The highest BCUT2D eigenvalue weighted by Crippen LogP contribution is 2.38. The van der Waals surface area contributed by atoms with Gasteiger partial charge in [0.05, 0.1) is 16.9 Å². The van der Waals surface area contributed by atoms with Gasteiger partial charge in [-0.15, -0.1) is 10.2 Å². The van der Waals surface area contributed by atoms with Crippen molar-refractivity contribution in [1.29, 1.82) is 0 Å². The third-order valence-electron chi connectivity index (χ3n) is 7.27. The summed E-state index contributed by atoms with van der Waals surface area (Å²) in [6, 6.07) is 12.7. The second-order valence-corrected chi connectivity index (χ2v) is 10.6. The highest BCUT2D eigenvalue weighted by molar-refractivity contribution is 5.85. The molecule has 15 heteroatoms. The number of H-pyrrole nitrogens is 1. The van der Waals surface area contributed by atoms with Crippen LogP contribution >= 0.6 is 0 Å². The van der Waals surface area contributed by atoms with E-state index in [1.165, 1.54) is 40.4 Å². The fourth-order valence-corrected chi connectivity index (χ4v) is 4.85. The van der Waals surface area contributed by atoms with E-state index in [4.69, 9.17) is 31.8 Å². The first kappa shape index (κ1) is 33.2. The molecule has 2 aromatic carbocycles. The fourth-order valence-electron chi connectivity index (χ4n) is 4.85. The molecule has 2 heterocycles. The molecule has 0 saturated carbocycles. The predicted octanol–water partition coefficient (Wildman–Crippen LogP) is 3.88. The minimum Gasteiger partial charge on any atom is -0.505 e. The Kier molecular flexibility index (Phi) is 10.7. The minimum atomic E-state index is -1.21. The number of para-hydroxylation sites is 1. The van der Waals surface area contributed by atoms with E-state index in [2.05, 4.69) is 26.4 Å². The number of phenols is 1. The van der Waals surface area contributed by atoms with E-state index in [1.54, 1.807) is 19.1 Å². The molecule has 0 aliphatic heterocycles. The number of fused-ring (bicyclic) bond motifs is 1. The second kappa shape index (κ2) is 14.9. The summed E-state index contributed by atoms with van der Waals surface area (Å²) in [7, 11) is 0. The number of nitrogens with one attached hydrogen (secondary N) is 1. The average molecular weight is 633 g/mol. The number of aliphatic carboxylic acids is 1. The lowest BCUT2D eigenvalue weighted by Gasteiger charge is -2.16. The summed E-state index contributed by atoms with van der Waals surface area (Å²) in [6.07, 6.45) is 5.35. The maximum absolute atomic E-state index is 13.1. The maximum atomic E-state index is 13.1. The van der Waals surface area contributed by atoms with E-state index in [-0.39, 0.29) is 45.7 Å². The van der Waals surface area contributed by atoms with Gasteiger partial charge in [-0.1, -0.05) is 12.1 Å². The third-order valence-corrected chi connectivity index (χ3v) is 7.27. The van der Waals surface area contributed by atoms with Crippen LogP contribution in [0.1, 0.15) is 53.1 Å². The number of carboxylic acids is 2.